The molecule has 9 aromatic carbocycles. The number of benzene rings is 9. The zero-order valence-electron chi connectivity index (χ0n) is 38.1. The Labute approximate surface area is 398 Å². The summed E-state index contributed by atoms with van der Waals surface area (Å²) in [5.74, 6) is 0.656. The van der Waals surface area contributed by atoms with Crippen molar-refractivity contribution in [1.82, 2.24) is 14.5 Å². The maximum atomic E-state index is 5.58. The smallest absolute Gasteiger partial charge is 0.160 e. The summed E-state index contributed by atoms with van der Waals surface area (Å²) in [5.41, 5.74) is 19.6. The normalized spacial score (nSPS) is 11.6. The van der Waals surface area contributed by atoms with E-state index in [0.29, 0.717) is 5.82 Å². The van der Waals surface area contributed by atoms with Crippen LogP contribution in [0.1, 0.15) is 25.3 Å². The van der Waals surface area contributed by atoms with E-state index < -0.39 is 0 Å². The van der Waals surface area contributed by atoms with E-state index in [0.717, 1.165) is 79.9 Å². The third kappa shape index (κ3) is 8.27. The highest BCUT2D eigenvalue weighted by molar-refractivity contribution is 6.11. The lowest BCUT2D eigenvalue weighted by atomic mass is 9.92. The Morgan fingerprint density at radius 1 is 0.412 bits per heavy atom. The highest BCUT2D eigenvalue weighted by Crippen LogP contribution is 2.42. The molecule has 0 N–H and O–H groups in total. The average Bonchev–Trinajstić information content (AvgIpc) is 3.74. The zero-order chi connectivity index (χ0) is 45.8. The van der Waals surface area contributed by atoms with Crippen LogP contribution in [0, 0.1) is 0 Å². The van der Waals surface area contributed by atoms with Gasteiger partial charge in [-0.3, -0.25) is 0 Å². The van der Waals surface area contributed by atoms with Crippen LogP contribution in [0.15, 0.2) is 249 Å². The van der Waals surface area contributed by atoms with E-state index >= 15 is 0 Å². The predicted molar refractivity (Wildman–Crippen MR) is 288 cm³/mol. The number of allylic oxidation sites excluding steroid dienone is 3. The Bertz CT molecular complexity index is 3490. The van der Waals surface area contributed by atoms with Crippen LogP contribution in [0.5, 0.6) is 0 Å². The third-order valence-electron chi connectivity index (χ3n) is 13.0. The molecule has 11 aromatic rings. The molecule has 0 saturated carbocycles. The van der Waals surface area contributed by atoms with Crippen LogP contribution in [-0.2, 0) is 0 Å². The molecule has 0 saturated heterocycles. The second-order valence-electron chi connectivity index (χ2n) is 17.3. The standard InChI is InChI=1S/C65H49N3/c1-3-4-9-19-45(2)54-38-40-58-59-41-39-55(48-24-14-7-15-25-48)44-61(59)68(60(58)43-54)57-29-18-28-56(42-57)65-66-63(52-34-30-49(31-35-52)46-20-10-5-11-21-46)62(51-26-16-8-17-27-51)64(67-65)53-36-32-50(33-37-53)47-22-12-6-13-23-47/h3,5-8,10-44H,1,4,9H2,2H3. The van der Waals surface area contributed by atoms with Gasteiger partial charge in [-0.05, 0) is 94.1 Å². The van der Waals surface area contributed by atoms with Crippen LogP contribution in [0.25, 0.3) is 111 Å². The highest BCUT2D eigenvalue weighted by Gasteiger charge is 2.22. The second-order valence-corrected chi connectivity index (χ2v) is 17.3. The van der Waals surface area contributed by atoms with Crippen molar-refractivity contribution in [3.05, 3.63) is 255 Å². The lowest BCUT2D eigenvalue weighted by Crippen LogP contribution is -2.02. The van der Waals surface area contributed by atoms with Gasteiger partial charge in [0.25, 0.3) is 0 Å². The van der Waals surface area contributed by atoms with Crippen molar-refractivity contribution in [3.63, 3.8) is 0 Å². The van der Waals surface area contributed by atoms with Gasteiger partial charge in [-0.25, -0.2) is 9.97 Å². The lowest BCUT2D eigenvalue weighted by Gasteiger charge is -2.18. The topological polar surface area (TPSA) is 30.7 Å². The molecule has 3 nitrogen and oxygen atoms in total. The summed E-state index contributed by atoms with van der Waals surface area (Å²) in [6, 6.07) is 82.4. The molecule has 0 aliphatic heterocycles. The molecule has 0 radical (unpaired) electrons. The van der Waals surface area contributed by atoms with Crippen LogP contribution < -0.4 is 0 Å². The van der Waals surface area contributed by atoms with E-state index in [9.17, 15) is 0 Å². The first-order valence-electron chi connectivity index (χ1n) is 23.4. The molecule has 0 spiro atoms. The van der Waals surface area contributed by atoms with E-state index in [-0.39, 0.29) is 0 Å². The molecule has 324 valence electrons. The Morgan fingerprint density at radius 3 is 1.40 bits per heavy atom. The van der Waals surface area contributed by atoms with Crippen LogP contribution in [-0.4, -0.2) is 14.5 Å². The van der Waals surface area contributed by atoms with Crippen molar-refractivity contribution in [2.24, 2.45) is 0 Å². The molecular weight excluding hydrogens is 823 g/mol. The number of aromatic nitrogens is 3. The minimum absolute atomic E-state index is 0.656. The van der Waals surface area contributed by atoms with Gasteiger partial charge in [0.05, 0.1) is 22.4 Å². The Morgan fingerprint density at radius 2 is 0.853 bits per heavy atom. The molecule has 0 unspecified atom stereocenters. The third-order valence-corrected chi connectivity index (χ3v) is 13.0. The van der Waals surface area contributed by atoms with Crippen molar-refractivity contribution in [2.75, 3.05) is 0 Å². The van der Waals surface area contributed by atoms with E-state index in [1.807, 2.05) is 6.08 Å². The highest BCUT2D eigenvalue weighted by atomic mass is 15.0. The van der Waals surface area contributed by atoms with Crippen LogP contribution in [0.4, 0.5) is 0 Å². The summed E-state index contributed by atoms with van der Waals surface area (Å²) < 4.78 is 2.42. The van der Waals surface area contributed by atoms with Gasteiger partial charge in [-0.15, -0.1) is 6.58 Å². The second kappa shape index (κ2) is 18.7. The number of unbranched alkanes of at least 4 members (excludes halogenated alkanes) is 1. The number of nitrogens with zero attached hydrogens (tertiary/aromatic N) is 3. The Balaban J connectivity index is 1.13. The summed E-state index contributed by atoms with van der Waals surface area (Å²) in [4.78, 5) is 11.2. The SMILES string of the molecule is C=CCCC=C(C)c1ccc2c3ccc(-c4ccccc4)cc3n(-c3cccc(-c4nc(-c5ccc(-c6ccccc6)cc5)c(-c5ccccc5)c(-c5ccc(-c6ccccc6)cc5)n4)c3)c2c1. The summed E-state index contributed by atoms with van der Waals surface area (Å²) in [7, 11) is 0. The van der Waals surface area contributed by atoms with Crippen molar-refractivity contribution in [1.29, 1.82) is 0 Å². The summed E-state index contributed by atoms with van der Waals surface area (Å²) in [5, 5.41) is 2.41. The minimum atomic E-state index is 0.656. The lowest BCUT2D eigenvalue weighted by molar-refractivity contribution is 1.06. The molecule has 0 atom stereocenters. The van der Waals surface area contributed by atoms with E-state index in [2.05, 4.69) is 255 Å². The van der Waals surface area contributed by atoms with Crippen LogP contribution >= 0.6 is 0 Å². The first kappa shape index (κ1) is 42.0. The van der Waals surface area contributed by atoms with Gasteiger partial charge in [0.2, 0.25) is 0 Å². The summed E-state index contributed by atoms with van der Waals surface area (Å²) in [6.45, 7) is 6.15. The predicted octanol–water partition coefficient (Wildman–Crippen LogP) is 17.6. The molecule has 0 amide bonds. The molecule has 2 heterocycles. The fourth-order valence-corrected chi connectivity index (χ4v) is 9.46. The van der Waals surface area contributed by atoms with Gasteiger partial charge in [0, 0.05) is 38.7 Å². The van der Waals surface area contributed by atoms with E-state index in [1.54, 1.807) is 0 Å². The molecule has 68 heavy (non-hydrogen) atoms. The molecule has 3 heteroatoms. The van der Waals surface area contributed by atoms with Gasteiger partial charge in [-0.2, -0.15) is 0 Å². The van der Waals surface area contributed by atoms with Gasteiger partial charge in [0.15, 0.2) is 5.82 Å². The molecule has 11 rings (SSSR count). The van der Waals surface area contributed by atoms with Crippen molar-refractivity contribution < 1.29 is 0 Å². The molecule has 0 aliphatic carbocycles. The number of fused-ring (bicyclic) bond motifs is 3. The molecule has 0 fully saturated rings. The Hall–Kier alpha value is -8.66. The fraction of sp³-hybridized carbons (Fsp3) is 0.0462. The molecule has 0 bridgehead atoms. The van der Waals surface area contributed by atoms with Gasteiger partial charge in [-0.1, -0.05) is 218 Å². The number of rotatable bonds is 12. The van der Waals surface area contributed by atoms with Crippen molar-refractivity contribution in [3.8, 4) is 84.1 Å². The van der Waals surface area contributed by atoms with Crippen LogP contribution in [0.2, 0.25) is 0 Å². The molecule has 2 aromatic heterocycles. The minimum Gasteiger partial charge on any atom is -0.309 e. The monoisotopic (exact) mass is 871 g/mol. The first-order valence-corrected chi connectivity index (χ1v) is 23.4. The van der Waals surface area contributed by atoms with Gasteiger partial charge in [0.1, 0.15) is 0 Å². The largest absolute Gasteiger partial charge is 0.309 e. The summed E-state index contributed by atoms with van der Waals surface area (Å²) in [6.07, 6.45) is 6.21. The average molecular weight is 872 g/mol. The van der Waals surface area contributed by atoms with E-state index in [4.69, 9.17) is 9.97 Å². The summed E-state index contributed by atoms with van der Waals surface area (Å²) >= 11 is 0. The van der Waals surface area contributed by atoms with Crippen molar-refractivity contribution in [2.45, 2.75) is 19.8 Å². The number of hydrogen-bond acceptors (Lipinski definition) is 2. The van der Waals surface area contributed by atoms with E-state index in [1.165, 1.54) is 44.2 Å². The Kier molecular flexibility index (Phi) is 11.5. The zero-order valence-corrected chi connectivity index (χ0v) is 38.1. The molecule has 0 aliphatic rings. The van der Waals surface area contributed by atoms with Crippen LogP contribution in [0.3, 0.4) is 0 Å². The van der Waals surface area contributed by atoms with Crippen molar-refractivity contribution >= 4 is 27.4 Å². The van der Waals surface area contributed by atoms with Gasteiger partial charge >= 0.3 is 0 Å². The quantitative estimate of drug-likeness (QED) is 0.0904. The fourth-order valence-electron chi connectivity index (χ4n) is 9.46. The number of hydrogen-bond donors (Lipinski definition) is 0. The maximum absolute atomic E-state index is 5.58. The molecular formula is C65H49N3. The maximum Gasteiger partial charge on any atom is 0.160 e. The van der Waals surface area contributed by atoms with Gasteiger partial charge < -0.3 is 4.57 Å². The first-order chi connectivity index (χ1) is 33.6.